The maximum Gasteiger partial charge on any atom is 0.138 e. The summed E-state index contributed by atoms with van der Waals surface area (Å²) >= 11 is 2.09. The molecule has 1 fully saturated rings. The van der Waals surface area contributed by atoms with Crippen LogP contribution in [0.5, 0.6) is 0 Å². The number of nitrogens with one attached hydrogen (secondary N) is 1. The van der Waals surface area contributed by atoms with E-state index in [1.54, 1.807) is 6.07 Å². The quantitative estimate of drug-likeness (QED) is 0.785. The van der Waals surface area contributed by atoms with Crippen LogP contribution in [0.15, 0.2) is 18.2 Å². The van der Waals surface area contributed by atoms with Gasteiger partial charge in [0.1, 0.15) is 5.82 Å². The minimum Gasteiger partial charge on any atom is -0.369 e. The van der Waals surface area contributed by atoms with Crippen molar-refractivity contribution in [1.29, 1.82) is 0 Å². The van der Waals surface area contributed by atoms with Crippen LogP contribution in [0.25, 0.3) is 0 Å². The number of nitrogens with zero attached hydrogens (tertiary/aromatic N) is 1. The van der Waals surface area contributed by atoms with E-state index in [4.69, 9.17) is 0 Å². The highest BCUT2D eigenvalue weighted by molar-refractivity contribution is 14.1. The Morgan fingerprint density at radius 1 is 1.41 bits per heavy atom. The summed E-state index contributed by atoms with van der Waals surface area (Å²) in [5, 5.41) is 3.52. The monoisotopic (exact) mass is 348 g/mol. The van der Waals surface area contributed by atoms with Crippen molar-refractivity contribution in [3.63, 3.8) is 0 Å². The number of hydrogen-bond donors (Lipinski definition) is 1. The average molecular weight is 348 g/mol. The van der Waals surface area contributed by atoms with E-state index < -0.39 is 0 Å². The Bertz CT molecular complexity index is 406. The maximum atomic E-state index is 13.6. The fraction of sp³-hybridized carbons (Fsp3) is 0.538. The Morgan fingerprint density at radius 3 is 2.94 bits per heavy atom. The fourth-order valence-electron chi connectivity index (χ4n) is 2.25. The zero-order valence-corrected chi connectivity index (χ0v) is 12.4. The van der Waals surface area contributed by atoms with Gasteiger partial charge in [-0.2, -0.15) is 0 Å². The van der Waals surface area contributed by atoms with Gasteiger partial charge in [-0.05, 0) is 61.5 Å². The van der Waals surface area contributed by atoms with E-state index in [0.717, 1.165) is 35.3 Å². The van der Waals surface area contributed by atoms with Crippen molar-refractivity contribution in [1.82, 2.24) is 5.32 Å². The topological polar surface area (TPSA) is 15.3 Å². The molecule has 94 valence electrons. The van der Waals surface area contributed by atoms with Crippen LogP contribution in [0.2, 0.25) is 0 Å². The number of anilines is 1. The molecule has 1 heterocycles. The lowest BCUT2D eigenvalue weighted by atomic mass is 10.1. The van der Waals surface area contributed by atoms with E-state index in [2.05, 4.69) is 46.7 Å². The summed E-state index contributed by atoms with van der Waals surface area (Å²) in [6.07, 6.45) is 1.09. The molecule has 17 heavy (non-hydrogen) atoms. The van der Waals surface area contributed by atoms with Gasteiger partial charge < -0.3 is 10.2 Å². The van der Waals surface area contributed by atoms with Gasteiger partial charge in [0, 0.05) is 18.6 Å². The molecule has 0 radical (unpaired) electrons. The molecule has 0 unspecified atom stereocenters. The SMILES string of the molecule is CC1(C)CN(c2cccc(F)c2I)CCCN1. The maximum absolute atomic E-state index is 13.6. The first-order chi connectivity index (χ1) is 7.99. The van der Waals surface area contributed by atoms with E-state index in [-0.39, 0.29) is 11.4 Å². The Morgan fingerprint density at radius 2 is 2.18 bits per heavy atom. The van der Waals surface area contributed by atoms with Gasteiger partial charge in [0.2, 0.25) is 0 Å². The van der Waals surface area contributed by atoms with Crippen molar-refractivity contribution in [2.24, 2.45) is 0 Å². The molecule has 4 heteroatoms. The van der Waals surface area contributed by atoms with Crippen LogP contribution in [-0.4, -0.2) is 25.2 Å². The lowest BCUT2D eigenvalue weighted by Gasteiger charge is -2.32. The van der Waals surface area contributed by atoms with Gasteiger partial charge in [-0.1, -0.05) is 6.07 Å². The first-order valence-electron chi connectivity index (χ1n) is 5.94. The lowest BCUT2D eigenvalue weighted by molar-refractivity contribution is 0.416. The predicted molar refractivity (Wildman–Crippen MR) is 78.0 cm³/mol. The summed E-state index contributed by atoms with van der Waals surface area (Å²) in [4.78, 5) is 2.28. The molecular weight excluding hydrogens is 330 g/mol. The number of benzene rings is 1. The number of halogens is 2. The molecular formula is C13H18FIN2. The largest absolute Gasteiger partial charge is 0.369 e. The van der Waals surface area contributed by atoms with Crippen molar-refractivity contribution < 1.29 is 4.39 Å². The minimum atomic E-state index is -0.127. The summed E-state index contributed by atoms with van der Waals surface area (Å²) in [6, 6.07) is 5.32. The van der Waals surface area contributed by atoms with E-state index in [0.29, 0.717) is 0 Å². The molecule has 2 nitrogen and oxygen atoms in total. The Hall–Kier alpha value is -0.360. The van der Waals surface area contributed by atoms with Crippen LogP contribution in [0.3, 0.4) is 0 Å². The highest BCUT2D eigenvalue weighted by Crippen LogP contribution is 2.27. The lowest BCUT2D eigenvalue weighted by Crippen LogP contribution is -2.46. The van der Waals surface area contributed by atoms with Crippen LogP contribution in [0.4, 0.5) is 10.1 Å². The molecule has 0 spiro atoms. The third-order valence-electron chi connectivity index (χ3n) is 3.07. The summed E-state index contributed by atoms with van der Waals surface area (Å²) < 4.78 is 14.3. The molecule has 1 aromatic carbocycles. The van der Waals surface area contributed by atoms with Crippen LogP contribution >= 0.6 is 22.6 Å². The smallest absolute Gasteiger partial charge is 0.138 e. The van der Waals surface area contributed by atoms with Gasteiger partial charge in [-0.15, -0.1) is 0 Å². The molecule has 0 aromatic heterocycles. The number of hydrogen-bond acceptors (Lipinski definition) is 2. The Balaban J connectivity index is 2.29. The van der Waals surface area contributed by atoms with Crippen molar-refractivity contribution in [3.8, 4) is 0 Å². The van der Waals surface area contributed by atoms with Gasteiger partial charge >= 0.3 is 0 Å². The Labute approximate surface area is 116 Å². The van der Waals surface area contributed by atoms with E-state index in [1.165, 1.54) is 6.07 Å². The van der Waals surface area contributed by atoms with E-state index >= 15 is 0 Å². The third kappa shape index (κ3) is 3.10. The van der Waals surface area contributed by atoms with E-state index in [1.807, 2.05) is 6.07 Å². The molecule has 1 aromatic rings. The molecule has 1 aliphatic heterocycles. The van der Waals surface area contributed by atoms with Gasteiger partial charge in [0.15, 0.2) is 0 Å². The highest BCUT2D eigenvalue weighted by Gasteiger charge is 2.25. The molecule has 1 saturated heterocycles. The summed E-state index contributed by atoms with van der Waals surface area (Å²) in [5.41, 5.74) is 1.09. The minimum absolute atomic E-state index is 0.0753. The normalized spacial score (nSPS) is 20.1. The first-order valence-corrected chi connectivity index (χ1v) is 7.01. The zero-order chi connectivity index (χ0) is 12.5. The van der Waals surface area contributed by atoms with Gasteiger partial charge in [0.25, 0.3) is 0 Å². The fourth-order valence-corrected chi connectivity index (χ4v) is 2.95. The van der Waals surface area contributed by atoms with Crippen molar-refractivity contribution in [2.45, 2.75) is 25.8 Å². The molecule has 0 saturated carbocycles. The summed E-state index contributed by atoms with van der Waals surface area (Å²) in [5.74, 6) is -0.127. The van der Waals surface area contributed by atoms with Crippen LogP contribution in [-0.2, 0) is 0 Å². The molecule has 0 bridgehead atoms. The van der Waals surface area contributed by atoms with Gasteiger partial charge in [-0.3, -0.25) is 0 Å². The summed E-state index contributed by atoms with van der Waals surface area (Å²) in [7, 11) is 0. The Kier molecular flexibility index (Phi) is 3.92. The third-order valence-corrected chi connectivity index (χ3v) is 4.13. The standard InChI is InChI=1S/C13H18FIN2/c1-13(2)9-17(8-4-7-16-13)11-6-3-5-10(14)12(11)15/h3,5-6,16H,4,7-9H2,1-2H3. The molecule has 2 rings (SSSR count). The van der Waals surface area contributed by atoms with Crippen LogP contribution < -0.4 is 10.2 Å². The first kappa shape index (κ1) is 13.1. The zero-order valence-electron chi connectivity index (χ0n) is 10.3. The molecule has 1 aliphatic rings. The average Bonchev–Trinajstić information content (AvgIpc) is 2.43. The number of rotatable bonds is 1. The highest BCUT2D eigenvalue weighted by atomic mass is 127. The molecule has 0 amide bonds. The van der Waals surface area contributed by atoms with E-state index in [9.17, 15) is 4.39 Å². The second-order valence-corrected chi connectivity index (χ2v) is 6.24. The second-order valence-electron chi connectivity index (χ2n) is 5.16. The van der Waals surface area contributed by atoms with Crippen molar-refractivity contribution in [3.05, 3.63) is 27.6 Å². The van der Waals surface area contributed by atoms with Crippen LogP contribution in [0.1, 0.15) is 20.3 Å². The van der Waals surface area contributed by atoms with Crippen molar-refractivity contribution >= 4 is 28.3 Å². The van der Waals surface area contributed by atoms with Gasteiger partial charge in [0.05, 0.1) is 9.26 Å². The predicted octanol–water partition coefficient (Wildman–Crippen LogP) is 3.01. The van der Waals surface area contributed by atoms with Gasteiger partial charge in [-0.25, -0.2) is 4.39 Å². The second kappa shape index (κ2) is 5.10. The molecule has 1 N–H and O–H groups in total. The molecule has 0 atom stereocenters. The molecule has 0 aliphatic carbocycles. The van der Waals surface area contributed by atoms with Crippen molar-refractivity contribution in [2.75, 3.05) is 24.5 Å². The summed E-state index contributed by atoms with van der Waals surface area (Å²) in [6.45, 7) is 7.30. The van der Waals surface area contributed by atoms with Crippen LogP contribution in [0, 0.1) is 9.39 Å².